The Bertz CT molecular complexity index is 1040. The number of amides is 2. The number of furan rings is 1. The van der Waals surface area contributed by atoms with Crippen LogP contribution in [-0.2, 0) is 24.3 Å². The number of hydrogen-bond acceptors (Lipinski definition) is 5. The van der Waals surface area contributed by atoms with Gasteiger partial charge in [0.1, 0.15) is 11.6 Å². The van der Waals surface area contributed by atoms with Crippen LogP contribution in [-0.4, -0.2) is 44.6 Å². The SMILES string of the molecule is O=C(NCc1ccco1)c1nnc2n1CC[C@@H]1CN(C(=O)Cc3ccccc3)C[C@H]21. The summed E-state index contributed by atoms with van der Waals surface area (Å²) in [6, 6.07) is 13.4. The van der Waals surface area contributed by atoms with Crippen LogP contribution in [0.2, 0.25) is 0 Å². The van der Waals surface area contributed by atoms with E-state index in [1.54, 1.807) is 12.3 Å². The van der Waals surface area contributed by atoms with Gasteiger partial charge in [0, 0.05) is 25.6 Å². The Morgan fingerprint density at radius 3 is 2.77 bits per heavy atom. The lowest BCUT2D eigenvalue weighted by atomic mass is 9.89. The molecule has 1 N–H and O–H groups in total. The molecule has 8 heteroatoms. The zero-order chi connectivity index (χ0) is 20.5. The van der Waals surface area contributed by atoms with Crippen LogP contribution in [0, 0.1) is 5.92 Å². The number of likely N-dealkylation sites (tertiary alicyclic amines) is 1. The number of nitrogens with one attached hydrogen (secondary N) is 1. The fraction of sp³-hybridized carbons (Fsp3) is 0.364. The van der Waals surface area contributed by atoms with Gasteiger partial charge in [-0.05, 0) is 30.0 Å². The van der Waals surface area contributed by atoms with Crippen LogP contribution in [0.1, 0.15) is 40.1 Å². The maximum Gasteiger partial charge on any atom is 0.289 e. The molecule has 154 valence electrons. The number of aromatic nitrogens is 3. The standard InChI is InChI=1S/C22H23N5O3/c28-19(11-15-5-2-1-3-6-15)26-13-16-8-9-27-20(18(16)14-26)24-25-21(27)22(29)23-12-17-7-4-10-30-17/h1-7,10,16,18H,8-9,11-14H2,(H,23,29)/t16-,18+/m1/s1. The van der Waals surface area contributed by atoms with E-state index >= 15 is 0 Å². The second-order valence-electron chi connectivity index (χ2n) is 7.91. The third-order valence-electron chi connectivity index (χ3n) is 6.03. The molecule has 5 rings (SSSR count). The molecule has 0 bridgehead atoms. The molecule has 2 aromatic heterocycles. The van der Waals surface area contributed by atoms with Gasteiger partial charge in [-0.2, -0.15) is 0 Å². The summed E-state index contributed by atoms with van der Waals surface area (Å²) in [7, 11) is 0. The van der Waals surface area contributed by atoms with Gasteiger partial charge < -0.3 is 19.2 Å². The van der Waals surface area contributed by atoms with Crippen molar-refractivity contribution >= 4 is 11.8 Å². The third-order valence-corrected chi connectivity index (χ3v) is 6.03. The Balaban J connectivity index is 1.27. The smallest absolute Gasteiger partial charge is 0.289 e. The average Bonchev–Trinajstić information content (AvgIpc) is 3.51. The molecule has 2 amide bonds. The lowest BCUT2D eigenvalue weighted by Gasteiger charge is -2.24. The molecule has 0 saturated carbocycles. The van der Waals surface area contributed by atoms with E-state index in [9.17, 15) is 9.59 Å². The minimum absolute atomic E-state index is 0.123. The van der Waals surface area contributed by atoms with Crippen molar-refractivity contribution in [3.63, 3.8) is 0 Å². The van der Waals surface area contributed by atoms with Crippen molar-refractivity contribution in [2.45, 2.75) is 31.8 Å². The molecule has 1 fully saturated rings. The lowest BCUT2D eigenvalue weighted by Crippen LogP contribution is -2.30. The van der Waals surface area contributed by atoms with Gasteiger partial charge in [-0.25, -0.2) is 0 Å². The highest BCUT2D eigenvalue weighted by molar-refractivity contribution is 5.90. The second-order valence-corrected chi connectivity index (χ2v) is 7.91. The quantitative estimate of drug-likeness (QED) is 0.701. The Hall–Kier alpha value is -3.42. The molecule has 3 aromatic rings. The maximum absolute atomic E-state index is 12.8. The minimum atomic E-state index is -0.265. The number of carbonyl (C=O) groups excluding carboxylic acids is 2. The van der Waals surface area contributed by atoms with E-state index in [1.807, 2.05) is 45.9 Å². The van der Waals surface area contributed by atoms with Crippen LogP contribution >= 0.6 is 0 Å². The third kappa shape index (κ3) is 3.49. The maximum atomic E-state index is 12.8. The number of carbonyl (C=O) groups is 2. The molecule has 2 aliphatic heterocycles. The summed E-state index contributed by atoms with van der Waals surface area (Å²) in [4.78, 5) is 27.3. The number of benzene rings is 1. The molecule has 0 aliphatic carbocycles. The summed E-state index contributed by atoms with van der Waals surface area (Å²) in [5, 5.41) is 11.3. The molecule has 0 spiro atoms. The predicted octanol–water partition coefficient (Wildman–Crippen LogP) is 1.99. The first-order chi connectivity index (χ1) is 14.7. The van der Waals surface area contributed by atoms with Gasteiger partial charge in [0.2, 0.25) is 11.7 Å². The van der Waals surface area contributed by atoms with E-state index in [-0.39, 0.29) is 17.7 Å². The highest BCUT2D eigenvalue weighted by Gasteiger charge is 2.42. The zero-order valence-corrected chi connectivity index (χ0v) is 16.5. The number of hydrogen-bond donors (Lipinski definition) is 1. The molecule has 1 saturated heterocycles. The van der Waals surface area contributed by atoms with Gasteiger partial charge in [0.05, 0.1) is 19.2 Å². The summed E-state index contributed by atoms with van der Waals surface area (Å²) < 4.78 is 7.16. The second kappa shape index (κ2) is 7.78. The van der Waals surface area contributed by atoms with Crippen LogP contribution in [0.5, 0.6) is 0 Å². The molecule has 0 radical (unpaired) electrons. The fourth-order valence-electron chi connectivity index (χ4n) is 4.47. The van der Waals surface area contributed by atoms with Gasteiger partial charge in [-0.15, -0.1) is 10.2 Å². The van der Waals surface area contributed by atoms with E-state index < -0.39 is 0 Å². The van der Waals surface area contributed by atoms with Crippen LogP contribution in [0.15, 0.2) is 53.1 Å². The normalized spacial score (nSPS) is 19.9. The molecule has 1 aromatic carbocycles. The van der Waals surface area contributed by atoms with Crippen LogP contribution in [0.25, 0.3) is 0 Å². The van der Waals surface area contributed by atoms with Crippen molar-refractivity contribution in [2.75, 3.05) is 13.1 Å². The van der Waals surface area contributed by atoms with Crippen molar-refractivity contribution < 1.29 is 14.0 Å². The predicted molar refractivity (Wildman–Crippen MR) is 107 cm³/mol. The van der Waals surface area contributed by atoms with E-state index in [0.717, 1.165) is 24.4 Å². The molecule has 0 unspecified atom stereocenters. The fourth-order valence-corrected chi connectivity index (χ4v) is 4.47. The lowest BCUT2D eigenvalue weighted by molar-refractivity contribution is -0.129. The molecule has 8 nitrogen and oxygen atoms in total. The van der Waals surface area contributed by atoms with Gasteiger partial charge in [-0.3, -0.25) is 9.59 Å². The van der Waals surface area contributed by atoms with Crippen molar-refractivity contribution in [1.82, 2.24) is 25.0 Å². The van der Waals surface area contributed by atoms with Crippen LogP contribution < -0.4 is 5.32 Å². The summed E-state index contributed by atoms with van der Waals surface area (Å²) in [6.07, 6.45) is 2.89. The molecule has 2 atom stereocenters. The summed E-state index contributed by atoms with van der Waals surface area (Å²) in [6.45, 7) is 2.36. The van der Waals surface area contributed by atoms with E-state index in [0.29, 0.717) is 43.6 Å². The molecular weight excluding hydrogens is 382 g/mol. The molecular formula is C22H23N5O3. The van der Waals surface area contributed by atoms with Crippen molar-refractivity contribution in [2.24, 2.45) is 5.92 Å². The summed E-state index contributed by atoms with van der Waals surface area (Å²) >= 11 is 0. The average molecular weight is 405 g/mol. The van der Waals surface area contributed by atoms with E-state index in [2.05, 4.69) is 15.5 Å². The topological polar surface area (TPSA) is 93.3 Å². The highest BCUT2D eigenvalue weighted by atomic mass is 16.3. The monoisotopic (exact) mass is 405 g/mol. The number of fused-ring (bicyclic) bond motifs is 3. The number of nitrogens with zero attached hydrogens (tertiary/aromatic N) is 4. The molecule has 2 aliphatic rings. The Morgan fingerprint density at radius 2 is 1.97 bits per heavy atom. The van der Waals surface area contributed by atoms with Gasteiger partial charge in [0.15, 0.2) is 0 Å². The minimum Gasteiger partial charge on any atom is -0.467 e. The molecule has 30 heavy (non-hydrogen) atoms. The van der Waals surface area contributed by atoms with Crippen molar-refractivity contribution in [3.05, 3.63) is 71.7 Å². The Kier molecular flexibility index (Phi) is 4.82. The first-order valence-corrected chi connectivity index (χ1v) is 10.2. The summed E-state index contributed by atoms with van der Waals surface area (Å²) in [5.41, 5.74) is 1.02. The Morgan fingerprint density at radius 1 is 1.10 bits per heavy atom. The van der Waals surface area contributed by atoms with E-state index in [4.69, 9.17) is 4.42 Å². The van der Waals surface area contributed by atoms with Gasteiger partial charge >= 0.3 is 0 Å². The first-order valence-electron chi connectivity index (χ1n) is 10.2. The van der Waals surface area contributed by atoms with Crippen LogP contribution in [0.4, 0.5) is 0 Å². The number of rotatable bonds is 5. The zero-order valence-electron chi connectivity index (χ0n) is 16.5. The first kappa shape index (κ1) is 18.6. The van der Waals surface area contributed by atoms with Gasteiger partial charge in [-0.1, -0.05) is 30.3 Å². The summed E-state index contributed by atoms with van der Waals surface area (Å²) in [5.74, 6) is 2.17. The van der Waals surface area contributed by atoms with E-state index in [1.165, 1.54) is 0 Å². The van der Waals surface area contributed by atoms with Gasteiger partial charge in [0.25, 0.3) is 5.91 Å². The van der Waals surface area contributed by atoms with Crippen LogP contribution in [0.3, 0.4) is 0 Å². The highest BCUT2D eigenvalue weighted by Crippen LogP contribution is 2.38. The Labute approximate surface area is 173 Å². The van der Waals surface area contributed by atoms with Crippen molar-refractivity contribution in [1.29, 1.82) is 0 Å². The largest absolute Gasteiger partial charge is 0.467 e. The molecule has 4 heterocycles. The van der Waals surface area contributed by atoms with Crippen molar-refractivity contribution in [3.8, 4) is 0 Å².